The third-order valence-corrected chi connectivity index (χ3v) is 6.00. The zero-order valence-corrected chi connectivity index (χ0v) is 18.5. The Morgan fingerprint density at radius 3 is 1.86 bits per heavy atom. The van der Waals surface area contributed by atoms with Gasteiger partial charge in [-0.2, -0.15) is 20.1 Å². The van der Waals surface area contributed by atoms with Gasteiger partial charge in [0.1, 0.15) is 0 Å². The van der Waals surface area contributed by atoms with E-state index in [4.69, 9.17) is 4.98 Å². The van der Waals surface area contributed by atoms with Crippen molar-refractivity contribution in [3.05, 3.63) is 34.3 Å². The van der Waals surface area contributed by atoms with Gasteiger partial charge in [0, 0.05) is 30.7 Å². The summed E-state index contributed by atoms with van der Waals surface area (Å²) in [7, 11) is 0. The van der Waals surface area contributed by atoms with Gasteiger partial charge in [0.15, 0.2) is 0 Å². The molecule has 2 fully saturated rings. The van der Waals surface area contributed by atoms with Crippen molar-refractivity contribution in [3.8, 4) is 0 Å². The second kappa shape index (κ2) is 9.52. The molecule has 3 heterocycles. The Bertz CT molecular complexity index is 804. The molecule has 154 valence electrons. The van der Waals surface area contributed by atoms with E-state index in [1.54, 1.807) is 0 Å². The summed E-state index contributed by atoms with van der Waals surface area (Å²) in [4.78, 5) is 18.7. The fourth-order valence-corrected chi connectivity index (χ4v) is 4.03. The van der Waals surface area contributed by atoms with E-state index in [0.29, 0.717) is 5.95 Å². The van der Waals surface area contributed by atoms with Crippen molar-refractivity contribution in [2.24, 2.45) is 5.10 Å². The van der Waals surface area contributed by atoms with E-state index in [0.717, 1.165) is 53.8 Å². The number of benzene rings is 1. The van der Waals surface area contributed by atoms with Gasteiger partial charge in [-0.1, -0.05) is 28.1 Å². The molecule has 0 radical (unpaired) electrons. The molecule has 1 aromatic heterocycles. The molecule has 4 rings (SSSR count). The molecule has 0 saturated carbocycles. The first-order valence-corrected chi connectivity index (χ1v) is 11.3. The maximum Gasteiger partial charge on any atom is 0.250 e. The van der Waals surface area contributed by atoms with Crippen molar-refractivity contribution in [1.29, 1.82) is 0 Å². The van der Waals surface area contributed by atoms with Crippen LogP contribution in [0.4, 0.5) is 17.8 Å². The summed E-state index contributed by atoms with van der Waals surface area (Å²) >= 11 is 3.47. The number of hydrazone groups is 1. The molecule has 8 heteroatoms. The van der Waals surface area contributed by atoms with Crippen LogP contribution in [-0.4, -0.2) is 46.8 Å². The average Bonchev–Trinajstić information content (AvgIpc) is 2.79. The number of piperidine rings is 2. The predicted molar refractivity (Wildman–Crippen MR) is 122 cm³/mol. The highest BCUT2D eigenvalue weighted by molar-refractivity contribution is 9.10. The van der Waals surface area contributed by atoms with Crippen molar-refractivity contribution >= 4 is 39.5 Å². The van der Waals surface area contributed by atoms with Gasteiger partial charge in [0.25, 0.3) is 0 Å². The van der Waals surface area contributed by atoms with E-state index in [2.05, 4.69) is 46.2 Å². The minimum absolute atomic E-state index is 0.512. The van der Waals surface area contributed by atoms with Gasteiger partial charge < -0.3 is 9.80 Å². The molecule has 0 aliphatic carbocycles. The van der Waals surface area contributed by atoms with Crippen LogP contribution >= 0.6 is 15.9 Å². The van der Waals surface area contributed by atoms with Crippen molar-refractivity contribution in [1.82, 2.24) is 15.0 Å². The monoisotopic (exact) mass is 457 g/mol. The van der Waals surface area contributed by atoms with E-state index in [1.807, 2.05) is 31.2 Å². The smallest absolute Gasteiger partial charge is 0.250 e. The molecule has 0 atom stereocenters. The molecule has 2 aromatic rings. The van der Waals surface area contributed by atoms with E-state index in [9.17, 15) is 0 Å². The number of rotatable bonds is 5. The van der Waals surface area contributed by atoms with Crippen LogP contribution in [0.2, 0.25) is 0 Å². The Hall–Kier alpha value is -2.22. The standard InChI is InChI=1S/C21H28BrN7/c1-16(17-8-10-18(22)11-9-17)26-27-19-23-20(28-12-4-2-5-13-28)25-21(24-19)29-14-6-3-7-15-29/h8-11H,2-7,12-15H2,1H3,(H,23,24,25,27). The topological polar surface area (TPSA) is 69.5 Å². The van der Waals surface area contributed by atoms with Crippen LogP contribution in [0.5, 0.6) is 0 Å². The quantitative estimate of drug-likeness (QED) is 0.528. The summed E-state index contributed by atoms with van der Waals surface area (Å²) < 4.78 is 1.05. The second-order valence-corrected chi connectivity index (χ2v) is 8.59. The molecule has 1 aromatic carbocycles. The molecule has 1 N–H and O–H groups in total. The molecule has 7 nitrogen and oxygen atoms in total. The van der Waals surface area contributed by atoms with Crippen LogP contribution in [0.25, 0.3) is 0 Å². The SMILES string of the molecule is CC(=NNc1nc(N2CCCCC2)nc(N2CCCCC2)n1)c1ccc(Br)cc1. The van der Waals surface area contributed by atoms with Gasteiger partial charge in [0.2, 0.25) is 17.8 Å². The maximum atomic E-state index is 4.81. The van der Waals surface area contributed by atoms with Crippen LogP contribution in [0, 0.1) is 0 Å². The summed E-state index contributed by atoms with van der Waals surface area (Å²) in [6.45, 7) is 6.00. The summed E-state index contributed by atoms with van der Waals surface area (Å²) in [6, 6.07) is 8.10. The molecule has 0 unspecified atom stereocenters. The van der Waals surface area contributed by atoms with Crippen LogP contribution in [-0.2, 0) is 0 Å². The number of hydrogen-bond donors (Lipinski definition) is 1. The van der Waals surface area contributed by atoms with E-state index < -0.39 is 0 Å². The Kier molecular flexibility index (Phi) is 6.59. The lowest BCUT2D eigenvalue weighted by atomic mass is 10.1. The van der Waals surface area contributed by atoms with Crippen LogP contribution in [0.15, 0.2) is 33.8 Å². The lowest BCUT2D eigenvalue weighted by molar-refractivity contribution is 0.556. The molecule has 0 bridgehead atoms. The summed E-state index contributed by atoms with van der Waals surface area (Å²) in [5.74, 6) is 2.04. The largest absolute Gasteiger partial charge is 0.341 e. The normalized spacial score (nSPS) is 18.1. The zero-order valence-electron chi connectivity index (χ0n) is 16.9. The van der Waals surface area contributed by atoms with Crippen LogP contribution in [0.1, 0.15) is 51.0 Å². The first-order chi connectivity index (χ1) is 14.2. The average molecular weight is 458 g/mol. The number of halogens is 1. The van der Waals surface area contributed by atoms with Crippen molar-refractivity contribution in [2.45, 2.75) is 45.4 Å². The van der Waals surface area contributed by atoms with Gasteiger partial charge in [-0.25, -0.2) is 5.43 Å². The maximum absolute atomic E-state index is 4.81. The van der Waals surface area contributed by atoms with Crippen LogP contribution < -0.4 is 15.2 Å². The van der Waals surface area contributed by atoms with Gasteiger partial charge in [-0.15, -0.1) is 0 Å². The number of hydrogen-bond acceptors (Lipinski definition) is 7. The third-order valence-electron chi connectivity index (χ3n) is 5.48. The summed E-state index contributed by atoms with van der Waals surface area (Å²) in [6.07, 6.45) is 7.32. The fraction of sp³-hybridized carbons (Fsp3) is 0.524. The lowest BCUT2D eigenvalue weighted by Gasteiger charge is -2.30. The number of anilines is 3. The highest BCUT2D eigenvalue weighted by Gasteiger charge is 2.20. The summed E-state index contributed by atoms with van der Waals surface area (Å²) in [5.41, 5.74) is 5.02. The van der Waals surface area contributed by atoms with Gasteiger partial charge >= 0.3 is 0 Å². The summed E-state index contributed by atoms with van der Waals surface area (Å²) in [5, 5.41) is 4.53. The van der Waals surface area contributed by atoms with E-state index in [-0.39, 0.29) is 0 Å². The highest BCUT2D eigenvalue weighted by Crippen LogP contribution is 2.22. The minimum atomic E-state index is 0.512. The first-order valence-electron chi connectivity index (χ1n) is 10.5. The molecule has 2 aliphatic rings. The van der Waals surface area contributed by atoms with Crippen LogP contribution in [0.3, 0.4) is 0 Å². The molecule has 0 spiro atoms. The van der Waals surface area contributed by atoms with Crippen molar-refractivity contribution in [3.63, 3.8) is 0 Å². The highest BCUT2D eigenvalue weighted by atomic mass is 79.9. The number of nitrogens with one attached hydrogen (secondary N) is 1. The van der Waals surface area contributed by atoms with Crippen molar-refractivity contribution in [2.75, 3.05) is 41.4 Å². The molecule has 29 heavy (non-hydrogen) atoms. The number of aromatic nitrogens is 3. The first kappa shape index (κ1) is 20.1. The molecule has 0 amide bonds. The zero-order chi connectivity index (χ0) is 20.1. The van der Waals surface area contributed by atoms with Crippen molar-refractivity contribution < 1.29 is 0 Å². The second-order valence-electron chi connectivity index (χ2n) is 7.67. The van der Waals surface area contributed by atoms with E-state index >= 15 is 0 Å². The third kappa shape index (κ3) is 5.23. The van der Waals surface area contributed by atoms with Gasteiger partial charge in [-0.3, -0.25) is 0 Å². The van der Waals surface area contributed by atoms with Gasteiger partial charge in [0.05, 0.1) is 5.71 Å². The van der Waals surface area contributed by atoms with Gasteiger partial charge in [-0.05, 0) is 63.1 Å². The lowest BCUT2D eigenvalue weighted by Crippen LogP contribution is -2.34. The Morgan fingerprint density at radius 1 is 0.828 bits per heavy atom. The molecular formula is C21H28BrN7. The number of nitrogens with zero attached hydrogens (tertiary/aromatic N) is 6. The molecule has 2 saturated heterocycles. The van der Waals surface area contributed by atoms with E-state index in [1.165, 1.54) is 38.5 Å². The predicted octanol–water partition coefficient (Wildman–Crippen LogP) is 4.45. The Morgan fingerprint density at radius 2 is 1.34 bits per heavy atom. The fourth-order valence-electron chi connectivity index (χ4n) is 3.76. The Labute approximate surface area is 180 Å². The molecular weight excluding hydrogens is 430 g/mol. The molecule has 2 aliphatic heterocycles. The minimum Gasteiger partial charge on any atom is -0.341 e. The Balaban J connectivity index is 1.58.